The lowest BCUT2D eigenvalue weighted by Gasteiger charge is -2.06. The van der Waals surface area contributed by atoms with Gasteiger partial charge >= 0.3 is 0 Å². The van der Waals surface area contributed by atoms with E-state index in [9.17, 15) is 4.79 Å². The molecule has 0 aliphatic heterocycles. The molecular formula is C16H16N2O3. The highest BCUT2D eigenvalue weighted by Crippen LogP contribution is 2.20. The number of hydrogen-bond acceptors (Lipinski definition) is 4. The van der Waals surface area contributed by atoms with E-state index in [-0.39, 0.29) is 6.61 Å². The van der Waals surface area contributed by atoms with Crippen LogP contribution in [0.3, 0.4) is 0 Å². The average molecular weight is 284 g/mol. The lowest BCUT2D eigenvalue weighted by molar-refractivity contribution is -0.119. The maximum absolute atomic E-state index is 10.8. The molecule has 0 spiro atoms. The molecule has 0 heterocycles. The van der Waals surface area contributed by atoms with Gasteiger partial charge in [-0.25, -0.2) is 0 Å². The minimum absolute atomic E-state index is 0.159. The molecule has 5 heteroatoms. The average Bonchev–Trinajstić information content (AvgIpc) is 2.52. The van der Waals surface area contributed by atoms with Crippen LogP contribution in [0, 0.1) is 0 Å². The Balaban J connectivity index is 2.13. The van der Waals surface area contributed by atoms with E-state index in [1.807, 2.05) is 42.5 Å². The molecule has 5 nitrogen and oxygen atoms in total. The summed E-state index contributed by atoms with van der Waals surface area (Å²) in [5.41, 5.74) is 6.64. The highest BCUT2D eigenvalue weighted by atomic mass is 16.5. The Morgan fingerprint density at radius 2 is 1.90 bits per heavy atom. The molecular weight excluding hydrogens is 268 g/mol. The van der Waals surface area contributed by atoms with Crippen LogP contribution in [0.15, 0.2) is 53.5 Å². The Labute approximate surface area is 123 Å². The van der Waals surface area contributed by atoms with E-state index in [1.54, 1.807) is 19.4 Å². The molecule has 2 rings (SSSR count). The van der Waals surface area contributed by atoms with Gasteiger partial charge in [0.25, 0.3) is 5.91 Å². The van der Waals surface area contributed by atoms with Crippen LogP contribution in [0.2, 0.25) is 0 Å². The van der Waals surface area contributed by atoms with Crippen molar-refractivity contribution in [2.45, 2.75) is 0 Å². The molecule has 0 bridgehead atoms. The number of carbonyl (C=O) groups excluding carboxylic acids is 1. The normalized spacial score (nSPS) is 10.5. The van der Waals surface area contributed by atoms with Gasteiger partial charge in [-0.1, -0.05) is 12.1 Å². The topological polar surface area (TPSA) is 73.9 Å². The smallest absolute Gasteiger partial charge is 0.255 e. The summed E-state index contributed by atoms with van der Waals surface area (Å²) in [4.78, 5) is 15.1. The molecule has 0 aliphatic carbocycles. The highest BCUT2D eigenvalue weighted by molar-refractivity contribution is 5.85. The van der Waals surface area contributed by atoms with E-state index in [4.69, 9.17) is 15.2 Å². The third-order valence-corrected chi connectivity index (χ3v) is 2.71. The molecule has 0 fully saturated rings. The molecule has 2 aromatic carbocycles. The third kappa shape index (κ3) is 4.35. The molecule has 21 heavy (non-hydrogen) atoms. The van der Waals surface area contributed by atoms with Gasteiger partial charge < -0.3 is 15.2 Å². The summed E-state index contributed by atoms with van der Waals surface area (Å²) in [5, 5.41) is 0. The molecule has 0 radical (unpaired) electrons. The van der Waals surface area contributed by atoms with Crippen LogP contribution in [-0.2, 0) is 4.79 Å². The number of para-hydroxylation sites is 1. The van der Waals surface area contributed by atoms with Crippen molar-refractivity contribution in [1.29, 1.82) is 0 Å². The Bertz CT molecular complexity index is 636. The number of carbonyl (C=O) groups is 1. The molecule has 0 unspecified atom stereocenters. The number of ether oxygens (including phenoxy) is 2. The molecule has 0 aliphatic rings. The fourth-order valence-electron chi connectivity index (χ4n) is 1.68. The Morgan fingerprint density at radius 3 is 2.57 bits per heavy atom. The lowest BCUT2D eigenvalue weighted by atomic mass is 10.2. The first kappa shape index (κ1) is 14.6. The molecule has 108 valence electrons. The SMILES string of the molecule is COc1ccc(N=Cc2ccccc2OCC(N)=O)cc1. The van der Waals surface area contributed by atoms with E-state index < -0.39 is 5.91 Å². The maximum atomic E-state index is 10.8. The van der Waals surface area contributed by atoms with E-state index in [2.05, 4.69) is 4.99 Å². The van der Waals surface area contributed by atoms with Gasteiger partial charge in [0.15, 0.2) is 6.61 Å². The summed E-state index contributed by atoms with van der Waals surface area (Å²) in [6.07, 6.45) is 1.68. The van der Waals surface area contributed by atoms with Crippen LogP contribution < -0.4 is 15.2 Å². The number of nitrogens with two attached hydrogens (primary N) is 1. The second-order valence-electron chi connectivity index (χ2n) is 4.25. The van der Waals surface area contributed by atoms with Crippen LogP contribution in [0.25, 0.3) is 0 Å². The molecule has 0 aromatic heterocycles. The van der Waals surface area contributed by atoms with Gasteiger partial charge in [-0.2, -0.15) is 0 Å². The van der Waals surface area contributed by atoms with Crippen LogP contribution in [-0.4, -0.2) is 25.8 Å². The summed E-state index contributed by atoms with van der Waals surface area (Å²) in [5.74, 6) is 0.824. The van der Waals surface area contributed by atoms with Gasteiger partial charge in [-0.3, -0.25) is 9.79 Å². The molecule has 1 amide bonds. The minimum atomic E-state index is -0.517. The summed E-state index contributed by atoms with van der Waals surface area (Å²) in [6.45, 7) is -0.159. The van der Waals surface area contributed by atoms with Crippen molar-refractivity contribution >= 4 is 17.8 Å². The largest absolute Gasteiger partial charge is 0.497 e. The van der Waals surface area contributed by atoms with Crippen molar-refractivity contribution in [2.75, 3.05) is 13.7 Å². The Kier molecular flexibility index (Phi) is 4.93. The molecule has 0 saturated carbocycles. The number of benzene rings is 2. The van der Waals surface area contributed by atoms with Crippen LogP contribution in [0.1, 0.15) is 5.56 Å². The van der Waals surface area contributed by atoms with Crippen molar-refractivity contribution < 1.29 is 14.3 Å². The van der Waals surface area contributed by atoms with Gasteiger partial charge in [0, 0.05) is 11.8 Å². The first-order valence-corrected chi connectivity index (χ1v) is 6.37. The van der Waals surface area contributed by atoms with Gasteiger partial charge in [0.05, 0.1) is 12.8 Å². The summed E-state index contributed by atoms with van der Waals surface area (Å²) in [6, 6.07) is 14.7. The van der Waals surface area contributed by atoms with Crippen molar-refractivity contribution in [3.05, 3.63) is 54.1 Å². The second kappa shape index (κ2) is 7.09. The van der Waals surface area contributed by atoms with E-state index in [0.717, 1.165) is 17.0 Å². The fraction of sp³-hybridized carbons (Fsp3) is 0.125. The van der Waals surface area contributed by atoms with E-state index in [1.165, 1.54) is 0 Å². The number of rotatable bonds is 6. The Hall–Kier alpha value is -2.82. The first-order valence-electron chi connectivity index (χ1n) is 6.37. The summed E-state index contributed by atoms with van der Waals surface area (Å²) in [7, 11) is 1.62. The number of primary amides is 1. The maximum Gasteiger partial charge on any atom is 0.255 e. The quantitative estimate of drug-likeness (QED) is 0.827. The Morgan fingerprint density at radius 1 is 1.19 bits per heavy atom. The van der Waals surface area contributed by atoms with Gasteiger partial charge in [0.2, 0.25) is 0 Å². The van der Waals surface area contributed by atoms with Crippen molar-refractivity contribution in [3.63, 3.8) is 0 Å². The van der Waals surface area contributed by atoms with Crippen LogP contribution in [0.4, 0.5) is 5.69 Å². The van der Waals surface area contributed by atoms with Crippen LogP contribution in [0.5, 0.6) is 11.5 Å². The summed E-state index contributed by atoms with van der Waals surface area (Å²) < 4.78 is 10.4. The number of amides is 1. The lowest BCUT2D eigenvalue weighted by Crippen LogP contribution is -2.20. The number of hydrogen-bond donors (Lipinski definition) is 1. The zero-order valence-electron chi connectivity index (χ0n) is 11.7. The predicted molar refractivity (Wildman–Crippen MR) is 81.4 cm³/mol. The highest BCUT2D eigenvalue weighted by Gasteiger charge is 2.02. The van der Waals surface area contributed by atoms with E-state index >= 15 is 0 Å². The third-order valence-electron chi connectivity index (χ3n) is 2.71. The van der Waals surface area contributed by atoms with Crippen molar-refractivity contribution in [3.8, 4) is 11.5 Å². The second-order valence-corrected chi connectivity index (χ2v) is 4.25. The molecule has 0 atom stereocenters. The number of nitrogens with zero attached hydrogens (tertiary/aromatic N) is 1. The zero-order valence-corrected chi connectivity index (χ0v) is 11.7. The van der Waals surface area contributed by atoms with Crippen LogP contribution >= 0.6 is 0 Å². The fourth-order valence-corrected chi connectivity index (χ4v) is 1.68. The van der Waals surface area contributed by atoms with Crippen molar-refractivity contribution in [1.82, 2.24) is 0 Å². The van der Waals surface area contributed by atoms with Crippen molar-refractivity contribution in [2.24, 2.45) is 10.7 Å². The van der Waals surface area contributed by atoms with Gasteiger partial charge in [-0.05, 0) is 36.4 Å². The number of aliphatic imine (C=N–C) groups is 1. The monoisotopic (exact) mass is 284 g/mol. The first-order chi connectivity index (χ1) is 10.2. The molecule has 2 aromatic rings. The zero-order chi connectivity index (χ0) is 15.1. The molecule has 2 N–H and O–H groups in total. The predicted octanol–water partition coefficient (Wildman–Crippen LogP) is 2.31. The minimum Gasteiger partial charge on any atom is -0.497 e. The van der Waals surface area contributed by atoms with Gasteiger partial charge in [0.1, 0.15) is 11.5 Å². The number of methoxy groups -OCH3 is 1. The molecule has 0 saturated heterocycles. The standard InChI is InChI=1S/C16H16N2O3/c1-20-14-8-6-13(7-9-14)18-10-12-4-2-3-5-15(12)21-11-16(17)19/h2-10H,11H2,1H3,(H2,17,19). The summed E-state index contributed by atoms with van der Waals surface area (Å²) >= 11 is 0. The van der Waals surface area contributed by atoms with Gasteiger partial charge in [-0.15, -0.1) is 0 Å². The van der Waals surface area contributed by atoms with E-state index in [0.29, 0.717) is 5.75 Å².